The van der Waals surface area contributed by atoms with E-state index in [4.69, 9.17) is 0 Å². The van der Waals surface area contributed by atoms with Crippen LogP contribution in [-0.2, 0) is 10.0 Å². The smallest absolute Gasteiger partial charge is 0.261 e. The van der Waals surface area contributed by atoms with E-state index >= 15 is 0 Å². The first-order valence-corrected chi connectivity index (χ1v) is 11.3. The van der Waals surface area contributed by atoms with Gasteiger partial charge in [0.25, 0.3) is 15.9 Å². The minimum Gasteiger partial charge on any atom is -0.341 e. The summed E-state index contributed by atoms with van der Waals surface area (Å²) in [5.41, 5.74) is 2.73. The Morgan fingerprint density at radius 3 is 2.48 bits per heavy atom. The average Bonchev–Trinajstić information content (AvgIpc) is 3.07. The molecule has 1 saturated heterocycles. The molecule has 0 aromatic heterocycles. The van der Waals surface area contributed by atoms with Crippen LogP contribution >= 0.6 is 0 Å². The molecule has 1 aliphatic heterocycles. The van der Waals surface area contributed by atoms with Crippen LogP contribution in [0.3, 0.4) is 0 Å². The third-order valence-electron chi connectivity index (χ3n) is 5.42. The summed E-state index contributed by atoms with van der Waals surface area (Å²) in [6, 6.07) is 11.8. The SMILES string of the molecule is Cc1ccc(NS(=O)(=O)c2ccc(C)c(C(=O)N(C)CC3CCN(C)C3)c2)cc1. The van der Waals surface area contributed by atoms with Gasteiger partial charge in [0.2, 0.25) is 0 Å². The standard InChI is InChI=1S/C22H29N3O3S/c1-16-5-8-19(9-6-16)23-29(27,28)20-10-7-17(2)21(13-20)22(26)25(4)15-18-11-12-24(3)14-18/h5-10,13,18,23H,11-12,14-15H2,1-4H3. The van der Waals surface area contributed by atoms with Gasteiger partial charge in [-0.3, -0.25) is 9.52 Å². The molecule has 1 atom stereocenters. The molecule has 3 rings (SSSR count). The van der Waals surface area contributed by atoms with Crippen molar-refractivity contribution in [2.24, 2.45) is 5.92 Å². The van der Waals surface area contributed by atoms with Crippen LogP contribution in [0.4, 0.5) is 5.69 Å². The Hall–Kier alpha value is -2.38. The fraction of sp³-hybridized carbons (Fsp3) is 0.409. The Bertz CT molecular complexity index is 987. The van der Waals surface area contributed by atoms with Crippen molar-refractivity contribution < 1.29 is 13.2 Å². The third-order valence-corrected chi connectivity index (χ3v) is 6.80. The maximum atomic E-state index is 13.0. The van der Waals surface area contributed by atoms with Crippen molar-refractivity contribution >= 4 is 21.6 Å². The normalized spacial score (nSPS) is 17.3. The van der Waals surface area contributed by atoms with Gasteiger partial charge >= 0.3 is 0 Å². The molecule has 0 radical (unpaired) electrons. The summed E-state index contributed by atoms with van der Waals surface area (Å²) in [5, 5.41) is 0. The highest BCUT2D eigenvalue weighted by Crippen LogP contribution is 2.22. The number of amides is 1. The molecule has 6 nitrogen and oxygen atoms in total. The lowest BCUT2D eigenvalue weighted by Gasteiger charge is -2.22. The highest BCUT2D eigenvalue weighted by atomic mass is 32.2. The van der Waals surface area contributed by atoms with Crippen LogP contribution in [0, 0.1) is 19.8 Å². The second-order valence-electron chi connectivity index (χ2n) is 8.05. The maximum Gasteiger partial charge on any atom is 0.261 e. The Kier molecular flexibility index (Phi) is 6.29. The van der Waals surface area contributed by atoms with E-state index in [9.17, 15) is 13.2 Å². The quantitative estimate of drug-likeness (QED) is 0.787. The molecule has 0 aliphatic carbocycles. The van der Waals surface area contributed by atoms with Crippen molar-refractivity contribution in [3.05, 3.63) is 59.2 Å². The topological polar surface area (TPSA) is 69.7 Å². The van der Waals surface area contributed by atoms with Gasteiger partial charge in [0.05, 0.1) is 4.90 Å². The summed E-state index contributed by atoms with van der Waals surface area (Å²) in [4.78, 5) is 17.1. The number of nitrogens with zero attached hydrogens (tertiary/aromatic N) is 2. The number of hydrogen-bond donors (Lipinski definition) is 1. The van der Waals surface area contributed by atoms with Crippen molar-refractivity contribution in [1.82, 2.24) is 9.80 Å². The highest BCUT2D eigenvalue weighted by Gasteiger charge is 2.25. The minimum absolute atomic E-state index is 0.0843. The molecule has 1 amide bonds. The largest absolute Gasteiger partial charge is 0.341 e. The molecule has 156 valence electrons. The molecule has 2 aromatic rings. The number of sulfonamides is 1. The molecule has 0 bridgehead atoms. The first kappa shape index (κ1) is 21.3. The predicted molar refractivity (Wildman–Crippen MR) is 116 cm³/mol. The molecule has 2 aromatic carbocycles. The van der Waals surface area contributed by atoms with E-state index in [0.717, 1.165) is 30.6 Å². The zero-order valence-corrected chi connectivity index (χ0v) is 18.3. The fourth-order valence-corrected chi connectivity index (χ4v) is 4.77. The van der Waals surface area contributed by atoms with Gasteiger partial charge in [-0.1, -0.05) is 23.8 Å². The zero-order chi connectivity index (χ0) is 21.2. The third kappa shape index (κ3) is 5.16. The highest BCUT2D eigenvalue weighted by molar-refractivity contribution is 7.92. The lowest BCUT2D eigenvalue weighted by Crippen LogP contribution is -2.33. The molecule has 1 fully saturated rings. The summed E-state index contributed by atoms with van der Waals surface area (Å²) >= 11 is 0. The molecule has 1 aliphatic rings. The van der Waals surface area contributed by atoms with Crippen LogP contribution in [-0.4, -0.2) is 57.9 Å². The Balaban J connectivity index is 1.79. The second-order valence-corrected chi connectivity index (χ2v) is 9.73. The van der Waals surface area contributed by atoms with Crippen LogP contribution in [0.15, 0.2) is 47.4 Å². The number of benzene rings is 2. The molecule has 0 spiro atoms. The first-order chi connectivity index (χ1) is 13.7. The number of carbonyl (C=O) groups excluding carboxylic acids is 1. The van der Waals surface area contributed by atoms with Gasteiger partial charge in [0, 0.05) is 31.4 Å². The number of likely N-dealkylation sites (tertiary alicyclic amines) is 1. The van der Waals surface area contributed by atoms with Crippen molar-refractivity contribution in [2.45, 2.75) is 25.2 Å². The van der Waals surface area contributed by atoms with Crippen LogP contribution in [0.5, 0.6) is 0 Å². The number of anilines is 1. The lowest BCUT2D eigenvalue weighted by atomic mass is 10.1. The zero-order valence-electron chi connectivity index (χ0n) is 17.5. The van der Waals surface area contributed by atoms with Gasteiger partial charge in [-0.05, 0) is 69.6 Å². The molecule has 29 heavy (non-hydrogen) atoms. The molecular formula is C22H29N3O3S. The van der Waals surface area contributed by atoms with Crippen molar-refractivity contribution in [2.75, 3.05) is 38.5 Å². The van der Waals surface area contributed by atoms with Crippen LogP contribution in [0.2, 0.25) is 0 Å². The molecule has 1 unspecified atom stereocenters. The Morgan fingerprint density at radius 1 is 1.17 bits per heavy atom. The summed E-state index contributed by atoms with van der Waals surface area (Å²) < 4.78 is 28.2. The van der Waals surface area contributed by atoms with Crippen molar-refractivity contribution in [3.8, 4) is 0 Å². The number of carbonyl (C=O) groups is 1. The maximum absolute atomic E-state index is 13.0. The summed E-state index contributed by atoms with van der Waals surface area (Å²) in [6.45, 7) is 6.46. The number of aryl methyl sites for hydroxylation is 2. The Labute approximate surface area is 173 Å². The monoisotopic (exact) mass is 415 g/mol. The summed E-state index contributed by atoms with van der Waals surface area (Å²) in [6.07, 6.45) is 1.07. The van der Waals surface area contributed by atoms with Crippen LogP contribution < -0.4 is 4.72 Å². The molecule has 1 heterocycles. The lowest BCUT2D eigenvalue weighted by molar-refractivity contribution is 0.0773. The van der Waals surface area contributed by atoms with Gasteiger partial charge in [0.15, 0.2) is 0 Å². The minimum atomic E-state index is -3.78. The summed E-state index contributed by atoms with van der Waals surface area (Å²) in [7, 11) is 0.0865. The van der Waals surface area contributed by atoms with Gasteiger partial charge in [-0.25, -0.2) is 8.42 Å². The Morgan fingerprint density at radius 2 is 1.86 bits per heavy atom. The first-order valence-electron chi connectivity index (χ1n) is 9.80. The average molecular weight is 416 g/mol. The number of nitrogens with one attached hydrogen (secondary N) is 1. The van der Waals surface area contributed by atoms with E-state index < -0.39 is 10.0 Å². The number of hydrogen-bond acceptors (Lipinski definition) is 4. The van der Waals surface area contributed by atoms with Gasteiger partial charge in [-0.2, -0.15) is 0 Å². The summed E-state index contributed by atoms with van der Waals surface area (Å²) in [5.74, 6) is 0.300. The number of rotatable bonds is 6. The van der Waals surface area contributed by atoms with E-state index in [1.165, 1.54) is 12.1 Å². The van der Waals surface area contributed by atoms with Gasteiger partial charge in [0.1, 0.15) is 0 Å². The van der Waals surface area contributed by atoms with E-state index in [2.05, 4.69) is 16.7 Å². The van der Waals surface area contributed by atoms with E-state index in [-0.39, 0.29) is 10.8 Å². The molecule has 1 N–H and O–H groups in total. The second kappa shape index (κ2) is 8.55. The van der Waals surface area contributed by atoms with Gasteiger partial charge in [-0.15, -0.1) is 0 Å². The molecule has 0 saturated carbocycles. The van der Waals surface area contributed by atoms with Gasteiger partial charge < -0.3 is 9.80 Å². The van der Waals surface area contributed by atoms with E-state index in [1.807, 2.05) is 26.0 Å². The molecular weight excluding hydrogens is 386 g/mol. The van der Waals surface area contributed by atoms with E-state index in [1.54, 1.807) is 30.1 Å². The van der Waals surface area contributed by atoms with Crippen LogP contribution in [0.1, 0.15) is 27.9 Å². The van der Waals surface area contributed by atoms with Crippen molar-refractivity contribution in [1.29, 1.82) is 0 Å². The fourth-order valence-electron chi connectivity index (χ4n) is 3.69. The molecule has 7 heteroatoms. The van der Waals surface area contributed by atoms with E-state index in [0.29, 0.717) is 23.7 Å². The predicted octanol–water partition coefficient (Wildman–Crippen LogP) is 3.13. The van der Waals surface area contributed by atoms with Crippen molar-refractivity contribution in [3.63, 3.8) is 0 Å². The van der Waals surface area contributed by atoms with Crippen LogP contribution in [0.25, 0.3) is 0 Å².